The minimum Gasteiger partial charge on any atom is -0.493 e. The van der Waals surface area contributed by atoms with E-state index >= 15 is 0 Å². The van der Waals surface area contributed by atoms with Crippen molar-refractivity contribution in [3.05, 3.63) is 29.8 Å². The van der Waals surface area contributed by atoms with E-state index in [-0.39, 0.29) is 12.0 Å². The Kier molecular flexibility index (Phi) is 7.29. The SMILES string of the molecule is CCCCOc1ccccc1C(=O)NC(=S)NC[C@H]1CCCO1. The third kappa shape index (κ3) is 5.80. The minimum atomic E-state index is -0.262. The normalized spacial score (nSPS) is 16.8. The van der Waals surface area contributed by atoms with E-state index in [1.807, 2.05) is 12.1 Å². The molecule has 0 aliphatic carbocycles. The van der Waals surface area contributed by atoms with Gasteiger partial charge in [-0.1, -0.05) is 25.5 Å². The summed E-state index contributed by atoms with van der Waals surface area (Å²) in [5, 5.41) is 6.04. The van der Waals surface area contributed by atoms with E-state index in [0.29, 0.717) is 29.6 Å². The number of para-hydroxylation sites is 1. The van der Waals surface area contributed by atoms with Crippen molar-refractivity contribution in [1.82, 2.24) is 10.6 Å². The fraction of sp³-hybridized carbons (Fsp3) is 0.529. The highest BCUT2D eigenvalue weighted by Crippen LogP contribution is 2.18. The Balaban J connectivity index is 1.85. The maximum Gasteiger partial charge on any atom is 0.261 e. The number of carbonyl (C=O) groups excluding carboxylic acids is 1. The number of hydrogen-bond donors (Lipinski definition) is 2. The molecule has 0 saturated carbocycles. The summed E-state index contributed by atoms with van der Waals surface area (Å²) in [6, 6.07) is 7.20. The average Bonchev–Trinajstić information content (AvgIpc) is 3.07. The number of rotatable bonds is 7. The zero-order valence-corrected chi connectivity index (χ0v) is 14.3. The van der Waals surface area contributed by atoms with Crippen LogP contribution in [0.4, 0.5) is 0 Å². The van der Waals surface area contributed by atoms with Gasteiger partial charge in [-0.15, -0.1) is 0 Å². The summed E-state index contributed by atoms with van der Waals surface area (Å²) in [4.78, 5) is 12.4. The molecule has 2 N–H and O–H groups in total. The van der Waals surface area contributed by atoms with E-state index in [9.17, 15) is 4.79 Å². The lowest BCUT2D eigenvalue weighted by atomic mass is 10.2. The van der Waals surface area contributed by atoms with Crippen molar-refractivity contribution >= 4 is 23.2 Å². The first kappa shape index (κ1) is 17.7. The van der Waals surface area contributed by atoms with Crippen molar-refractivity contribution in [1.29, 1.82) is 0 Å². The Labute approximate surface area is 142 Å². The summed E-state index contributed by atoms with van der Waals surface area (Å²) in [6.45, 7) is 4.12. The van der Waals surface area contributed by atoms with Gasteiger partial charge in [0.05, 0.1) is 18.3 Å². The van der Waals surface area contributed by atoms with Crippen LogP contribution in [0.1, 0.15) is 43.0 Å². The summed E-state index contributed by atoms with van der Waals surface area (Å²) in [6.07, 6.45) is 4.28. The molecule has 1 atom stereocenters. The highest BCUT2D eigenvalue weighted by atomic mass is 32.1. The van der Waals surface area contributed by atoms with Gasteiger partial charge in [0, 0.05) is 13.2 Å². The molecule has 1 heterocycles. The summed E-state index contributed by atoms with van der Waals surface area (Å²) in [5.74, 6) is 0.322. The number of amides is 1. The number of hydrogen-bond acceptors (Lipinski definition) is 4. The van der Waals surface area contributed by atoms with Gasteiger partial charge in [0.15, 0.2) is 5.11 Å². The number of carbonyl (C=O) groups is 1. The molecule has 1 fully saturated rings. The summed E-state index contributed by atoms with van der Waals surface area (Å²) < 4.78 is 11.2. The van der Waals surface area contributed by atoms with Crippen molar-refractivity contribution in [2.45, 2.75) is 38.7 Å². The number of nitrogens with one attached hydrogen (secondary N) is 2. The summed E-state index contributed by atoms with van der Waals surface area (Å²) in [7, 11) is 0. The second kappa shape index (κ2) is 9.47. The van der Waals surface area contributed by atoms with E-state index in [1.165, 1.54) is 0 Å². The predicted octanol–water partition coefficient (Wildman–Crippen LogP) is 2.65. The number of benzene rings is 1. The number of ether oxygens (including phenoxy) is 2. The Morgan fingerprint density at radius 1 is 1.43 bits per heavy atom. The Morgan fingerprint density at radius 2 is 2.26 bits per heavy atom. The molecule has 0 radical (unpaired) electrons. The molecule has 1 amide bonds. The van der Waals surface area contributed by atoms with E-state index in [1.54, 1.807) is 12.1 Å². The molecule has 6 heteroatoms. The predicted molar refractivity (Wildman–Crippen MR) is 93.9 cm³/mol. The molecule has 1 aromatic rings. The topological polar surface area (TPSA) is 59.6 Å². The van der Waals surface area contributed by atoms with Crippen LogP contribution in [0, 0.1) is 0 Å². The first-order valence-corrected chi connectivity index (χ1v) is 8.54. The Hall–Kier alpha value is -1.66. The van der Waals surface area contributed by atoms with Crippen molar-refractivity contribution in [3.8, 4) is 5.75 Å². The molecule has 2 rings (SSSR count). The number of thiocarbonyl (C=S) groups is 1. The van der Waals surface area contributed by atoms with Gasteiger partial charge in [-0.05, 0) is 43.6 Å². The molecule has 1 saturated heterocycles. The molecule has 0 aromatic heterocycles. The maximum atomic E-state index is 12.4. The fourth-order valence-electron chi connectivity index (χ4n) is 2.33. The molecule has 0 unspecified atom stereocenters. The van der Waals surface area contributed by atoms with Gasteiger partial charge in [0.2, 0.25) is 0 Å². The van der Waals surface area contributed by atoms with Gasteiger partial charge in [-0.25, -0.2) is 0 Å². The van der Waals surface area contributed by atoms with Crippen molar-refractivity contribution in [3.63, 3.8) is 0 Å². The van der Waals surface area contributed by atoms with Crippen molar-refractivity contribution in [2.24, 2.45) is 0 Å². The van der Waals surface area contributed by atoms with Gasteiger partial charge in [-0.3, -0.25) is 10.1 Å². The second-order valence-corrected chi connectivity index (χ2v) is 5.91. The molecule has 1 aromatic carbocycles. The van der Waals surface area contributed by atoms with E-state index < -0.39 is 0 Å². The van der Waals surface area contributed by atoms with Crippen LogP contribution in [0.15, 0.2) is 24.3 Å². The van der Waals surface area contributed by atoms with Crippen molar-refractivity contribution in [2.75, 3.05) is 19.8 Å². The molecule has 1 aliphatic rings. The quantitative estimate of drug-likeness (QED) is 0.592. The molecule has 5 nitrogen and oxygen atoms in total. The molecular weight excluding hydrogens is 312 g/mol. The summed E-state index contributed by atoms with van der Waals surface area (Å²) in [5.41, 5.74) is 0.491. The Bertz CT molecular complexity index is 530. The molecule has 126 valence electrons. The standard InChI is InChI=1S/C17H24N2O3S/c1-2-3-10-22-15-9-5-4-8-14(15)16(20)19-17(23)18-12-13-7-6-11-21-13/h4-5,8-9,13H,2-3,6-7,10-12H2,1H3,(H2,18,19,20,23)/t13-/m1/s1. The lowest BCUT2D eigenvalue weighted by Gasteiger charge is -2.14. The van der Waals surface area contributed by atoms with Crippen LogP contribution < -0.4 is 15.4 Å². The first-order valence-electron chi connectivity index (χ1n) is 8.13. The highest BCUT2D eigenvalue weighted by molar-refractivity contribution is 7.80. The second-order valence-electron chi connectivity index (χ2n) is 5.50. The fourth-order valence-corrected chi connectivity index (χ4v) is 2.51. The maximum absolute atomic E-state index is 12.4. The van der Waals surface area contributed by atoms with Crippen LogP contribution >= 0.6 is 12.2 Å². The van der Waals surface area contributed by atoms with Gasteiger partial charge < -0.3 is 14.8 Å². The number of unbranched alkanes of at least 4 members (excludes halogenated alkanes) is 1. The van der Waals surface area contributed by atoms with Crippen LogP contribution in [0.3, 0.4) is 0 Å². The molecule has 23 heavy (non-hydrogen) atoms. The first-order chi connectivity index (χ1) is 11.2. The molecule has 0 spiro atoms. The van der Waals surface area contributed by atoms with Crippen LogP contribution in [0.2, 0.25) is 0 Å². The van der Waals surface area contributed by atoms with Crippen LogP contribution in [0.5, 0.6) is 5.75 Å². The molecular formula is C17H24N2O3S. The average molecular weight is 336 g/mol. The van der Waals surface area contributed by atoms with E-state index in [0.717, 1.165) is 32.3 Å². The Morgan fingerprint density at radius 3 is 3.00 bits per heavy atom. The van der Waals surface area contributed by atoms with Crippen LogP contribution in [-0.2, 0) is 4.74 Å². The van der Waals surface area contributed by atoms with Gasteiger partial charge >= 0.3 is 0 Å². The van der Waals surface area contributed by atoms with Crippen LogP contribution in [-0.4, -0.2) is 36.9 Å². The zero-order valence-electron chi connectivity index (χ0n) is 13.5. The lowest BCUT2D eigenvalue weighted by molar-refractivity contribution is 0.0969. The molecule has 0 bridgehead atoms. The van der Waals surface area contributed by atoms with Gasteiger partial charge in [0.1, 0.15) is 5.75 Å². The lowest BCUT2D eigenvalue weighted by Crippen LogP contribution is -2.42. The third-order valence-electron chi connectivity index (χ3n) is 3.63. The van der Waals surface area contributed by atoms with E-state index in [4.69, 9.17) is 21.7 Å². The third-order valence-corrected chi connectivity index (χ3v) is 3.87. The smallest absolute Gasteiger partial charge is 0.261 e. The largest absolute Gasteiger partial charge is 0.493 e. The van der Waals surface area contributed by atoms with Crippen molar-refractivity contribution < 1.29 is 14.3 Å². The van der Waals surface area contributed by atoms with Crippen LogP contribution in [0.25, 0.3) is 0 Å². The minimum absolute atomic E-state index is 0.175. The monoisotopic (exact) mass is 336 g/mol. The zero-order chi connectivity index (χ0) is 16.5. The molecule has 1 aliphatic heterocycles. The van der Waals surface area contributed by atoms with Gasteiger partial charge in [0.25, 0.3) is 5.91 Å². The van der Waals surface area contributed by atoms with E-state index in [2.05, 4.69) is 17.6 Å². The summed E-state index contributed by atoms with van der Waals surface area (Å²) >= 11 is 5.17. The van der Waals surface area contributed by atoms with Gasteiger partial charge in [-0.2, -0.15) is 0 Å². The highest BCUT2D eigenvalue weighted by Gasteiger charge is 2.17.